The van der Waals surface area contributed by atoms with Gasteiger partial charge in [-0.25, -0.2) is 9.59 Å². The van der Waals surface area contributed by atoms with Crippen molar-refractivity contribution in [3.8, 4) is 36.2 Å². The van der Waals surface area contributed by atoms with E-state index in [1.54, 1.807) is 0 Å². The fourth-order valence-corrected chi connectivity index (χ4v) is 4.34. The molecule has 41 heavy (non-hydrogen) atoms. The molecular formula is C33H28O8. The maximum Gasteiger partial charge on any atom is 0.384 e. The lowest BCUT2D eigenvalue weighted by Crippen LogP contribution is -2.25. The first-order valence-corrected chi connectivity index (χ1v) is 12.8. The van der Waals surface area contributed by atoms with Gasteiger partial charge >= 0.3 is 11.9 Å². The molecule has 4 rings (SSSR count). The summed E-state index contributed by atoms with van der Waals surface area (Å²) in [5.74, 6) is 3.01. The minimum absolute atomic E-state index is 0.134. The monoisotopic (exact) mass is 552 g/mol. The highest BCUT2D eigenvalue weighted by Crippen LogP contribution is 2.36. The molecule has 0 bridgehead atoms. The van der Waals surface area contributed by atoms with Gasteiger partial charge in [-0.2, -0.15) is 0 Å². The molecule has 4 aromatic rings. The van der Waals surface area contributed by atoms with Gasteiger partial charge < -0.3 is 29.2 Å². The van der Waals surface area contributed by atoms with Gasteiger partial charge in [0.25, 0.3) is 0 Å². The highest BCUT2D eigenvalue weighted by molar-refractivity contribution is 5.92. The third-order valence-corrected chi connectivity index (χ3v) is 6.26. The number of benzene rings is 4. The summed E-state index contributed by atoms with van der Waals surface area (Å²) in [5.41, 5.74) is 1.70. The highest BCUT2D eigenvalue weighted by atomic mass is 16.6. The average Bonchev–Trinajstić information content (AvgIpc) is 3.01. The normalized spacial score (nSPS) is 12.1. The topological polar surface area (TPSA) is 112 Å². The second-order valence-electron chi connectivity index (χ2n) is 9.12. The Hall–Kier alpha value is -5.02. The number of hydrogen-bond donors (Lipinski definition) is 2. The first kappa shape index (κ1) is 29.0. The van der Waals surface area contributed by atoms with E-state index in [0.717, 1.165) is 32.7 Å². The highest BCUT2D eigenvalue weighted by Gasteiger charge is 2.18. The summed E-state index contributed by atoms with van der Waals surface area (Å²) in [6.07, 6.45) is 8.21. The van der Waals surface area contributed by atoms with Crippen molar-refractivity contribution < 1.29 is 38.7 Å². The fraction of sp³-hybridized carbons (Fsp3) is 0.212. The molecule has 0 aliphatic heterocycles. The zero-order valence-electron chi connectivity index (χ0n) is 22.1. The van der Waals surface area contributed by atoms with E-state index in [4.69, 9.17) is 31.8 Å². The van der Waals surface area contributed by atoms with Crippen LogP contribution in [0.15, 0.2) is 72.8 Å². The summed E-state index contributed by atoms with van der Waals surface area (Å²) < 4.78 is 21.7. The van der Waals surface area contributed by atoms with Crippen molar-refractivity contribution in [2.45, 2.75) is 18.6 Å². The van der Waals surface area contributed by atoms with Crippen molar-refractivity contribution in [2.75, 3.05) is 26.4 Å². The summed E-state index contributed by atoms with van der Waals surface area (Å²) in [5, 5.41) is 24.5. The van der Waals surface area contributed by atoms with Crippen LogP contribution in [-0.4, -0.2) is 60.8 Å². The van der Waals surface area contributed by atoms with Gasteiger partial charge in [0.1, 0.15) is 50.1 Å². The van der Waals surface area contributed by atoms with Gasteiger partial charge in [-0.05, 0) is 33.7 Å². The van der Waals surface area contributed by atoms with Crippen molar-refractivity contribution in [1.82, 2.24) is 0 Å². The van der Waals surface area contributed by atoms with Gasteiger partial charge in [0.15, 0.2) is 0 Å². The van der Waals surface area contributed by atoms with E-state index in [1.807, 2.05) is 84.6 Å². The molecule has 8 heteroatoms. The number of esters is 2. The largest absolute Gasteiger partial charge is 0.490 e. The lowest BCUT2D eigenvalue weighted by molar-refractivity contribution is -0.140. The summed E-state index contributed by atoms with van der Waals surface area (Å²) >= 11 is 0. The second kappa shape index (κ2) is 13.9. The fourth-order valence-electron chi connectivity index (χ4n) is 4.34. The van der Waals surface area contributed by atoms with Crippen LogP contribution in [0.4, 0.5) is 0 Å². The first-order chi connectivity index (χ1) is 19.9. The zero-order chi connectivity index (χ0) is 29.2. The zero-order valence-corrected chi connectivity index (χ0v) is 22.1. The number of ether oxygens (including phenoxy) is 4. The van der Waals surface area contributed by atoms with Crippen molar-refractivity contribution >= 4 is 33.5 Å². The molecule has 0 spiro atoms. The van der Waals surface area contributed by atoms with E-state index in [-0.39, 0.29) is 26.4 Å². The van der Waals surface area contributed by atoms with Crippen LogP contribution in [0.3, 0.4) is 0 Å². The molecule has 2 unspecified atom stereocenters. The first-order valence-electron chi connectivity index (χ1n) is 12.8. The lowest BCUT2D eigenvalue weighted by Gasteiger charge is -2.20. The Labute approximate surface area is 237 Å². The maximum absolute atomic E-state index is 11.2. The van der Waals surface area contributed by atoms with Crippen LogP contribution >= 0.6 is 0 Å². The molecule has 2 atom stereocenters. The molecule has 0 aliphatic carbocycles. The molecule has 0 amide bonds. The Balaban J connectivity index is 1.65. The van der Waals surface area contributed by atoms with E-state index in [2.05, 4.69) is 0 Å². The van der Waals surface area contributed by atoms with Crippen molar-refractivity contribution in [3.05, 3.63) is 83.9 Å². The Bertz CT molecular complexity index is 1510. The van der Waals surface area contributed by atoms with Gasteiger partial charge in [0.05, 0.1) is 0 Å². The van der Waals surface area contributed by atoms with Crippen LogP contribution in [0.5, 0.6) is 11.5 Å². The van der Waals surface area contributed by atoms with Crippen LogP contribution < -0.4 is 9.47 Å². The molecule has 0 saturated heterocycles. The van der Waals surface area contributed by atoms with Gasteiger partial charge in [0, 0.05) is 29.4 Å². The number of terminal acetylenes is 2. The van der Waals surface area contributed by atoms with E-state index < -0.39 is 24.1 Å². The summed E-state index contributed by atoms with van der Waals surface area (Å²) in [6.45, 7) is -0.867. The molecule has 0 aliphatic rings. The predicted octanol–water partition coefficient (Wildman–Crippen LogP) is 3.42. The van der Waals surface area contributed by atoms with Crippen LogP contribution in [0, 0.1) is 24.7 Å². The van der Waals surface area contributed by atoms with E-state index >= 15 is 0 Å². The Morgan fingerprint density at radius 2 is 1.05 bits per heavy atom. The lowest BCUT2D eigenvalue weighted by atomic mass is 9.93. The molecular weight excluding hydrogens is 524 g/mol. The van der Waals surface area contributed by atoms with Gasteiger partial charge in [-0.1, -0.05) is 60.7 Å². The second-order valence-corrected chi connectivity index (χ2v) is 9.12. The van der Waals surface area contributed by atoms with Crippen LogP contribution in [0.1, 0.15) is 11.1 Å². The van der Waals surface area contributed by atoms with E-state index in [9.17, 15) is 19.8 Å². The Kier molecular flexibility index (Phi) is 9.80. The Morgan fingerprint density at radius 3 is 1.46 bits per heavy atom. The molecule has 0 fully saturated rings. The summed E-state index contributed by atoms with van der Waals surface area (Å²) in [6, 6.07) is 23.2. The molecule has 2 N–H and O–H groups in total. The van der Waals surface area contributed by atoms with Gasteiger partial charge in [-0.3, -0.25) is 0 Å². The van der Waals surface area contributed by atoms with Crippen molar-refractivity contribution in [2.24, 2.45) is 0 Å². The Morgan fingerprint density at radius 1 is 0.634 bits per heavy atom. The van der Waals surface area contributed by atoms with Crippen LogP contribution in [0.2, 0.25) is 0 Å². The SMILES string of the molecule is C#CC(=O)OCC(O)COc1ccc2ccccc2c1Cc1c(OCC(O)COC(=O)C#C)ccc2ccccc12. The number of fused-ring (bicyclic) bond motifs is 2. The van der Waals surface area contributed by atoms with E-state index in [1.165, 1.54) is 0 Å². The summed E-state index contributed by atoms with van der Waals surface area (Å²) in [4.78, 5) is 22.5. The number of carbonyl (C=O) groups excluding carboxylic acids is 2. The number of rotatable bonds is 12. The molecule has 208 valence electrons. The molecule has 0 radical (unpaired) electrons. The quantitative estimate of drug-likeness (QED) is 0.156. The third kappa shape index (κ3) is 7.55. The number of aliphatic hydroxyl groups is 2. The van der Waals surface area contributed by atoms with Crippen molar-refractivity contribution in [1.29, 1.82) is 0 Å². The minimum Gasteiger partial charge on any atom is -0.490 e. The number of hydrogen-bond acceptors (Lipinski definition) is 8. The van der Waals surface area contributed by atoms with Gasteiger partial charge in [-0.15, -0.1) is 12.8 Å². The average molecular weight is 553 g/mol. The van der Waals surface area contributed by atoms with Crippen LogP contribution in [0.25, 0.3) is 21.5 Å². The van der Waals surface area contributed by atoms with Crippen LogP contribution in [-0.2, 0) is 25.5 Å². The minimum atomic E-state index is -1.09. The number of aliphatic hydroxyl groups excluding tert-OH is 2. The molecule has 8 nitrogen and oxygen atoms in total. The van der Waals surface area contributed by atoms with Gasteiger partial charge in [0.2, 0.25) is 0 Å². The maximum atomic E-state index is 11.2. The molecule has 0 heterocycles. The van der Waals surface area contributed by atoms with Crippen molar-refractivity contribution in [3.63, 3.8) is 0 Å². The van der Waals surface area contributed by atoms with E-state index in [0.29, 0.717) is 17.9 Å². The molecule has 0 aromatic heterocycles. The predicted molar refractivity (Wildman–Crippen MR) is 153 cm³/mol. The smallest absolute Gasteiger partial charge is 0.384 e. The summed E-state index contributed by atoms with van der Waals surface area (Å²) in [7, 11) is 0. The number of carbonyl (C=O) groups is 2. The molecule has 4 aromatic carbocycles. The molecule has 0 saturated carbocycles. The third-order valence-electron chi connectivity index (χ3n) is 6.26. The standard InChI is InChI=1S/C33H28O8/c1-3-32(36)40-20-24(34)18-38-30-15-13-22-9-5-7-11-26(22)28(30)17-29-27-12-8-6-10-23(27)14-16-31(29)39-19-25(35)21-41-33(37)4-2/h1-2,5-16,24-25,34-35H,17-21H2.